The largest absolute Gasteiger partial charge is 0.255 e. The molecular formula is C15H11NS. The van der Waals surface area contributed by atoms with Crippen molar-refractivity contribution < 1.29 is 0 Å². The molecule has 0 bridgehead atoms. The number of hydrogen-bond acceptors (Lipinski definition) is 2. The summed E-state index contributed by atoms with van der Waals surface area (Å²) >= 11 is 1.71. The molecule has 0 aromatic heterocycles. The molecule has 1 aliphatic rings. The smallest absolute Gasteiger partial charge is 0.0785 e. The van der Waals surface area contributed by atoms with Crippen molar-refractivity contribution in [3.63, 3.8) is 0 Å². The molecule has 2 aromatic rings. The van der Waals surface area contributed by atoms with Crippen LogP contribution in [0.2, 0.25) is 0 Å². The first-order valence-electron chi connectivity index (χ1n) is 5.49. The van der Waals surface area contributed by atoms with Gasteiger partial charge in [-0.25, -0.2) is 0 Å². The van der Waals surface area contributed by atoms with Gasteiger partial charge in [0.1, 0.15) is 0 Å². The highest BCUT2D eigenvalue weighted by atomic mass is 32.2. The van der Waals surface area contributed by atoms with E-state index in [1.165, 1.54) is 10.5 Å². The maximum atomic E-state index is 4.55. The molecule has 1 heterocycles. The van der Waals surface area contributed by atoms with E-state index in [1.54, 1.807) is 11.8 Å². The van der Waals surface area contributed by atoms with E-state index in [9.17, 15) is 0 Å². The number of nitrogens with zero attached hydrogens (tertiary/aromatic N) is 1. The molecule has 0 unspecified atom stereocenters. The van der Waals surface area contributed by atoms with Gasteiger partial charge >= 0.3 is 0 Å². The van der Waals surface area contributed by atoms with Crippen molar-refractivity contribution in [3.05, 3.63) is 77.3 Å². The number of rotatable bonds is 1. The molecule has 17 heavy (non-hydrogen) atoms. The van der Waals surface area contributed by atoms with Gasteiger partial charge in [0.2, 0.25) is 0 Å². The quantitative estimate of drug-likeness (QED) is 0.727. The van der Waals surface area contributed by atoms with Crippen molar-refractivity contribution >= 4 is 17.5 Å². The van der Waals surface area contributed by atoms with Crippen LogP contribution in [0.3, 0.4) is 0 Å². The molecule has 2 aromatic carbocycles. The van der Waals surface area contributed by atoms with Gasteiger partial charge in [-0.2, -0.15) is 0 Å². The normalized spacial score (nSPS) is 13.8. The molecular weight excluding hydrogens is 226 g/mol. The van der Waals surface area contributed by atoms with Crippen LogP contribution in [0.25, 0.3) is 0 Å². The van der Waals surface area contributed by atoms with Gasteiger partial charge in [-0.1, -0.05) is 60.3 Å². The Bertz CT molecular complexity index is 585. The van der Waals surface area contributed by atoms with Gasteiger partial charge < -0.3 is 0 Å². The zero-order valence-corrected chi connectivity index (χ0v) is 10.0. The summed E-state index contributed by atoms with van der Waals surface area (Å²) in [5, 5.41) is 2.02. The van der Waals surface area contributed by atoms with Crippen LogP contribution in [-0.2, 0) is 0 Å². The second kappa shape index (κ2) is 4.60. The van der Waals surface area contributed by atoms with Crippen LogP contribution in [0, 0.1) is 0 Å². The first kappa shape index (κ1) is 10.4. The lowest BCUT2D eigenvalue weighted by molar-refractivity contribution is 1.40. The lowest BCUT2D eigenvalue weighted by Gasteiger charge is -2.08. The zero-order chi connectivity index (χ0) is 11.5. The third-order valence-electron chi connectivity index (χ3n) is 2.65. The first-order valence-corrected chi connectivity index (χ1v) is 6.37. The van der Waals surface area contributed by atoms with Crippen LogP contribution in [0.1, 0.15) is 11.1 Å². The van der Waals surface area contributed by atoms with E-state index in [1.807, 2.05) is 29.8 Å². The van der Waals surface area contributed by atoms with Crippen LogP contribution in [0.4, 0.5) is 0 Å². The molecule has 0 spiro atoms. The lowest BCUT2D eigenvalue weighted by atomic mass is 10.0. The van der Waals surface area contributed by atoms with Gasteiger partial charge in [0.05, 0.1) is 5.71 Å². The van der Waals surface area contributed by atoms with E-state index in [2.05, 4.69) is 41.4 Å². The maximum absolute atomic E-state index is 4.55. The van der Waals surface area contributed by atoms with Crippen molar-refractivity contribution in [2.24, 2.45) is 4.99 Å². The standard InChI is InChI=1S/C15H11NS/c1-2-6-12(7-3-1)15-13-8-4-5-9-14(13)17-11-10-16-15/h1-11H. The Hall–Kier alpha value is -1.80. The average Bonchev–Trinajstić information content (AvgIpc) is 2.62. The van der Waals surface area contributed by atoms with Crippen molar-refractivity contribution in [3.8, 4) is 0 Å². The molecule has 1 aliphatic heterocycles. The molecule has 0 saturated carbocycles. The Morgan fingerprint density at radius 3 is 2.47 bits per heavy atom. The minimum atomic E-state index is 1.04. The van der Waals surface area contributed by atoms with Crippen molar-refractivity contribution in [2.45, 2.75) is 4.90 Å². The van der Waals surface area contributed by atoms with Crippen molar-refractivity contribution in [1.29, 1.82) is 0 Å². The summed E-state index contributed by atoms with van der Waals surface area (Å²) in [5.41, 5.74) is 3.41. The summed E-state index contributed by atoms with van der Waals surface area (Å²) in [6.45, 7) is 0. The monoisotopic (exact) mass is 237 g/mol. The summed E-state index contributed by atoms with van der Waals surface area (Å²) in [6.07, 6.45) is 1.87. The van der Waals surface area contributed by atoms with Crippen LogP contribution in [0.5, 0.6) is 0 Å². The highest BCUT2D eigenvalue weighted by molar-refractivity contribution is 8.02. The SMILES string of the molecule is C1=CSc2ccccc2C(c2ccccc2)=N1. The molecule has 1 nitrogen and oxygen atoms in total. The molecule has 0 fully saturated rings. The number of hydrogen-bond donors (Lipinski definition) is 0. The summed E-state index contributed by atoms with van der Waals surface area (Å²) < 4.78 is 0. The minimum absolute atomic E-state index is 1.04. The van der Waals surface area contributed by atoms with Gasteiger partial charge in [0, 0.05) is 22.2 Å². The summed E-state index contributed by atoms with van der Waals surface area (Å²) in [5.74, 6) is 0. The fourth-order valence-corrected chi connectivity index (χ4v) is 2.59. The number of aliphatic imine (C=N–C) groups is 1. The number of benzene rings is 2. The fraction of sp³-hybridized carbons (Fsp3) is 0. The predicted octanol–water partition coefficient (Wildman–Crippen LogP) is 4.10. The Morgan fingerprint density at radius 2 is 1.59 bits per heavy atom. The minimum Gasteiger partial charge on any atom is -0.255 e. The van der Waals surface area contributed by atoms with Crippen LogP contribution < -0.4 is 0 Å². The van der Waals surface area contributed by atoms with Gasteiger partial charge in [-0.3, -0.25) is 4.99 Å². The van der Waals surface area contributed by atoms with E-state index in [4.69, 9.17) is 0 Å². The van der Waals surface area contributed by atoms with Crippen LogP contribution >= 0.6 is 11.8 Å². The van der Waals surface area contributed by atoms with Gasteiger partial charge in [-0.05, 0) is 11.5 Å². The second-order valence-electron chi connectivity index (χ2n) is 3.74. The van der Waals surface area contributed by atoms with E-state index >= 15 is 0 Å². The zero-order valence-electron chi connectivity index (χ0n) is 9.21. The topological polar surface area (TPSA) is 12.4 Å². The van der Waals surface area contributed by atoms with E-state index in [-0.39, 0.29) is 0 Å². The third kappa shape index (κ3) is 2.04. The van der Waals surface area contributed by atoms with E-state index in [0.29, 0.717) is 0 Å². The van der Waals surface area contributed by atoms with Crippen molar-refractivity contribution in [2.75, 3.05) is 0 Å². The molecule has 0 saturated heterocycles. The Morgan fingerprint density at radius 1 is 0.824 bits per heavy atom. The number of thioether (sulfide) groups is 1. The molecule has 0 atom stereocenters. The van der Waals surface area contributed by atoms with Gasteiger partial charge in [0.25, 0.3) is 0 Å². The average molecular weight is 237 g/mol. The third-order valence-corrected chi connectivity index (χ3v) is 3.52. The summed E-state index contributed by atoms with van der Waals surface area (Å²) in [7, 11) is 0. The molecule has 82 valence electrons. The van der Waals surface area contributed by atoms with Crippen molar-refractivity contribution in [1.82, 2.24) is 0 Å². The molecule has 0 aliphatic carbocycles. The highest BCUT2D eigenvalue weighted by Gasteiger charge is 2.11. The fourth-order valence-electron chi connectivity index (χ4n) is 1.87. The second-order valence-corrected chi connectivity index (χ2v) is 4.69. The summed E-state index contributed by atoms with van der Waals surface area (Å²) in [6, 6.07) is 18.7. The lowest BCUT2D eigenvalue weighted by Crippen LogP contribution is -2.03. The Labute approximate surface area is 105 Å². The molecule has 0 amide bonds. The van der Waals surface area contributed by atoms with E-state index in [0.717, 1.165) is 11.3 Å². The molecule has 0 radical (unpaired) electrons. The molecule has 2 heteroatoms. The first-order chi connectivity index (χ1) is 8.45. The van der Waals surface area contributed by atoms with Crippen LogP contribution in [-0.4, -0.2) is 5.71 Å². The number of fused-ring (bicyclic) bond motifs is 1. The predicted molar refractivity (Wildman–Crippen MR) is 73.5 cm³/mol. The Kier molecular flexibility index (Phi) is 2.80. The highest BCUT2D eigenvalue weighted by Crippen LogP contribution is 2.28. The molecule has 3 rings (SSSR count). The maximum Gasteiger partial charge on any atom is 0.0785 e. The Balaban J connectivity index is 2.18. The van der Waals surface area contributed by atoms with Gasteiger partial charge in [-0.15, -0.1) is 0 Å². The molecule has 0 N–H and O–H groups in total. The van der Waals surface area contributed by atoms with Gasteiger partial charge in [0.15, 0.2) is 0 Å². The summed E-state index contributed by atoms with van der Waals surface area (Å²) in [4.78, 5) is 5.80. The van der Waals surface area contributed by atoms with E-state index < -0.39 is 0 Å². The van der Waals surface area contributed by atoms with Crippen LogP contribution in [0.15, 0.2) is 76.1 Å².